The molecular formula is C12H16KO4PS. The predicted molar refractivity (Wildman–Crippen MR) is 81.2 cm³/mol. The second-order valence-electron chi connectivity index (χ2n) is 3.01. The fourth-order valence-corrected chi connectivity index (χ4v) is 1.97. The first kappa shape index (κ1) is 21.8. The summed E-state index contributed by atoms with van der Waals surface area (Å²) in [4.78, 5) is 16.9. The van der Waals surface area contributed by atoms with Crippen LogP contribution in [0.25, 0.3) is 0 Å². The van der Waals surface area contributed by atoms with Crippen LogP contribution in [0.1, 0.15) is 0 Å². The normalized spacial score (nSPS) is 8.58. The van der Waals surface area contributed by atoms with E-state index in [0.717, 1.165) is 0 Å². The van der Waals surface area contributed by atoms with Gasteiger partial charge in [0, 0.05) is 9.79 Å². The van der Waals surface area contributed by atoms with E-state index in [0.29, 0.717) is 0 Å². The topological polar surface area (TPSA) is 89.0 Å². The molecular weight excluding hydrogens is 310 g/mol. The van der Waals surface area contributed by atoms with Crippen molar-refractivity contribution in [2.45, 2.75) is 9.79 Å². The molecule has 2 rings (SSSR count). The van der Waals surface area contributed by atoms with Crippen LogP contribution in [-0.2, 0) is 4.57 Å². The molecule has 100 valence electrons. The van der Waals surface area contributed by atoms with Gasteiger partial charge in [-0.3, -0.25) is 4.57 Å². The van der Waals surface area contributed by atoms with Crippen LogP contribution in [0.5, 0.6) is 0 Å². The van der Waals surface area contributed by atoms with Crippen LogP contribution >= 0.6 is 20.0 Å². The quantitative estimate of drug-likeness (QED) is 0.650. The molecule has 7 heteroatoms. The third-order valence-corrected chi connectivity index (χ3v) is 2.74. The first-order valence-electron chi connectivity index (χ1n) is 4.88. The number of hydrogen-bond acceptors (Lipinski definition) is 2. The van der Waals surface area contributed by atoms with Gasteiger partial charge in [0.15, 0.2) is 0 Å². The van der Waals surface area contributed by atoms with Crippen LogP contribution in [0.3, 0.4) is 0 Å². The third-order valence-electron chi connectivity index (χ3n) is 1.72. The van der Waals surface area contributed by atoms with Gasteiger partial charge in [0.1, 0.15) is 0 Å². The second-order valence-corrected chi connectivity index (χ2v) is 4.72. The Hall–Kier alpha value is 0.536. The molecule has 0 radical (unpaired) electrons. The molecule has 0 heterocycles. The van der Waals surface area contributed by atoms with Crippen molar-refractivity contribution in [3.63, 3.8) is 0 Å². The summed E-state index contributed by atoms with van der Waals surface area (Å²) in [6, 6.07) is 20.8. The van der Waals surface area contributed by atoms with E-state index in [-0.39, 0.29) is 56.9 Å². The van der Waals surface area contributed by atoms with Crippen LogP contribution in [-0.4, -0.2) is 66.6 Å². The Bertz CT molecular complexity index is 414. The van der Waals surface area contributed by atoms with Crippen molar-refractivity contribution >= 4 is 71.4 Å². The van der Waals surface area contributed by atoms with Gasteiger partial charge < -0.3 is 15.3 Å². The van der Waals surface area contributed by atoms with Crippen molar-refractivity contribution < 1.29 is 19.8 Å². The summed E-state index contributed by atoms with van der Waals surface area (Å²) in [5.74, 6) is 0. The molecule has 0 saturated heterocycles. The van der Waals surface area contributed by atoms with E-state index in [1.165, 1.54) is 9.79 Å². The van der Waals surface area contributed by atoms with Crippen molar-refractivity contribution in [2.24, 2.45) is 0 Å². The van der Waals surface area contributed by atoms with E-state index in [1.54, 1.807) is 11.8 Å². The van der Waals surface area contributed by atoms with Crippen LogP contribution < -0.4 is 0 Å². The smallest absolute Gasteiger partial charge is 0.0122 e. The molecule has 0 spiro atoms. The summed E-state index contributed by atoms with van der Waals surface area (Å²) in [5.41, 5.74) is 0. The first-order chi connectivity index (χ1) is 8.18. The molecule has 0 amide bonds. The van der Waals surface area contributed by atoms with Crippen molar-refractivity contribution in [3.05, 3.63) is 60.7 Å². The van der Waals surface area contributed by atoms with Gasteiger partial charge in [0.25, 0.3) is 0 Å². The van der Waals surface area contributed by atoms with Crippen molar-refractivity contribution in [3.8, 4) is 0 Å². The fourth-order valence-electron chi connectivity index (χ4n) is 1.11. The van der Waals surface area contributed by atoms with Gasteiger partial charge in [-0.15, -0.1) is 0 Å². The summed E-state index contributed by atoms with van der Waals surface area (Å²) in [5, 5.41) is 0. The molecule has 4 nitrogen and oxygen atoms in total. The molecule has 0 unspecified atom stereocenters. The van der Waals surface area contributed by atoms with Gasteiger partial charge in [-0.25, -0.2) is 0 Å². The third kappa shape index (κ3) is 12.0. The molecule has 0 bridgehead atoms. The van der Waals surface area contributed by atoms with Crippen LogP contribution in [0, 0.1) is 0 Å². The maximum absolute atomic E-state index is 8.74. The Balaban J connectivity index is 0. The van der Waals surface area contributed by atoms with E-state index in [1.807, 2.05) is 12.1 Å². The Kier molecular flexibility index (Phi) is 15.5. The average Bonchev–Trinajstić information content (AvgIpc) is 2.31. The molecule has 4 N–H and O–H groups in total. The van der Waals surface area contributed by atoms with E-state index in [9.17, 15) is 0 Å². The maximum Gasteiger partial charge on any atom is 0.0122 e. The van der Waals surface area contributed by atoms with Crippen molar-refractivity contribution in [1.29, 1.82) is 0 Å². The minimum atomic E-state index is -3.13. The van der Waals surface area contributed by atoms with Gasteiger partial charge in [-0.1, -0.05) is 48.2 Å². The molecule has 0 aliphatic carbocycles. The fraction of sp³-hybridized carbons (Fsp3) is 0. The predicted octanol–water partition coefficient (Wildman–Crippen LogP) is 1.73. The summed E-state index contributed by atoms with van der Waals surface area (Å²) in [6.07, 6.45) is 0. The molecule has 2 aromatic carbocycles. The standard InChI is InChI=1S/C12H10S.K.H3O3P.H2O.H/c1-3-7-11(8-4-1)13-12-9-5-2-6-10-12;;1-4(2)3;;/h1-10H;;4H,(H2,1,2,3);1H2;. The molecule has 0 saturated carbocycles. The van der Waals surface area contributed by atoms with Crippen LogP contribution in [0.2, 0.25) is 0 Å². The summed E-state index contributed by atoms with van der Waals surface area (Å²) < 4.78 is 8.74. The average molecular weight is 326 g/mol. The molecule has 0 aliphatic heterocycles. The Labute approximate surface area is 159 Å². The molecule has 0 aromatic heterocycles. The number of rotatable bonds is 2. The zero-order valence-electron chi connectivity index (χ0n) is 9.48. The van der Waals surface area contributed by atoms with Crippen molar-refractivity contribution in [2.75, 3.05) is 0 Å². The summed E-state index contributed by atoms with van der Waals surface area (Å²) in [6.45, 7) is 0. The summed E-state index contributed by atoms with van der Waals surface area (Å²) in [7, 11) is -3.13. The summed E-state index contributed by atoms with van der Waals surface area (Å²) >= 11 is 1.79. The van der Waals surface area contributed by atoms with Crippen LogP contribution in [0.4, 0.5) is 0 Å². The van der Waals surface area contributed by atoms with E-state index in [4.69, 9.17) is 14.4 Å². The minimum Gasteiger partial charge on any atom is -0.0901 e. The number of hydrogen-bond donors (Lipinski definition) is 2. The zero-order valence-corrected chi connectivity index (χ0v) is 11.3. The van der Waals surface area contributed by atoms with E-state index in [2.05, 4.69) is 48.5 Å². The number of benzene rings is 2. The largest absolute Gasteiger partial charge is 0.0901 e. The van der Waals surface area contributed by atoms with Gasteiger partial charge in [0.2, 0.25) is 0 Å². The molecule has 2 aromatic rings. The van der Waals surface area contributed by atoms with E-state index >= 15 is 0 Å². The van der Waals surface area contributed by atoms with Crippen molar-refractivity contribution in [1.82, 2.24) is 0 Å². The maximum atomic E-state index is 8.74. The van der Waals surface area contributed by atoms with Gasteiger partial charge in [-0.05, 0) is 24.3 Å². The first-order valence-corrected chi connectivity index (χ1v) is 7.00. The monoisotopic (exact) mass is 326 g/mol. The SMILES string of the molecule is O.O=[PH](O)O.[KH].c1ccc(Sc2ccccc2)cc1. The van der Waals surface area contributed by atoms with E-state index < -0.39 is 8.25 Å². The van der Waals surface area contributed by atoms with Gasteiger partial charge in [-0.2, -0.15) is 0 Å². The zero-order chi connectivity index (χ0) is 12.5. The Morgan fingerprint density at radius 2 is 1.05 bits per heavy atom. The molecule has 0 aliphatic rings. The molecule has 0 atom stereocenters. The molecule has 0 fully saturated rings. The Morgan fingerprint density at radius 3 is 1.32 bits per heavy atom. The van der Waals surface area contributed by atoms with Gasteiger partial charge in [0.05, 0.1) is 0 Å². The Morgan fingerprint density at radius 1 is 0.789 bits per heavy atom. The minimum absolute atomic E-state index is 0. The van der Waals surface area contributed by atoms with Gasteiger partial charge >= 0.3 is 59.6 Å². The van der Waals surface area contributed by atoms with Crippen LogP contribution in [0.15, 0.2) is 70.5 Å². The molecule has 19 heavy (non-hydrogen) atoms. The second kappa shape index (κ2) is 13.5.